The summed E-state index contributed by atoms with van der Waals surface area (Å²) in [4.78, 5) is 30.4. The molecule has 0 bridgehead atoms. The molecular formula is C84H61Ir3N7-6. The predicted octanol–water partition coefficient (Wildman–Crippen LogP) is 20.0. The molecule has 7 nitrogen and oxygen atoms in total. The zero-order chi connectivity index (χ0) is 62.2. The van der Waals surface area contributed by atoms with Crippen molar-refractivity contribution in [3.8, 4) is 101 Å². The smallest absolute Gasteiger partial charge is 0.0698 e. The van der Waals surface area contributed by atoms with Gasteiger partial charge in [-0.2, -0.15) is 0 Å². The largest absolute Gasteiger partial charge is 0.305 e. The SMILES string of the molecule is Cc1cccc(-c2ccnc(-c3[c-]cccc3)c2)n1.[Ir].[Ir].[Ir].[c-]1ccccc1-c1cc(-c2ccccc2)ccn1.[c-]1ccccc1-c1cc(-c2ccccc2)ccn1.[c-]1ccccc1-c1ccccn1.[c-]1ccccc1-c1ccccn1.[c-]1ccccc1-c1ccccn1. The van der Waals surface area contributed by atoms with E-state index < -0.39 is 0 Å². The molecular weight excluding hydrogens is 1680 g/mol. The van der Waals surface area contributed by atoms with Gasteiger partial charge in [-0.25, -0.2) is 0 Å². The molecule has 0 saturated heterocycles. The second-order valence-electron chi connectivity index (χ2n) is 20.0. The molecule has 465 valence electrons. The fourth-order valence-electron chi connectivity index (χ4n) is 9.10. The quantitative estimate of drug-likeness (QED) is 0.133. The zero-order valence-electron chi connectivity index (χ0n) is 51.1. The van der Waals surface area contributed by atoms with Gasteiger partial charge in [-0.05, 0) is 117 Å². The second-order valence-corrected chi connectivity index (χ2v) is 20.0. The van der Waals surface area contributed by atoms with E-state index in [1.54, 1.807) is 18.6 Å². The molecule has 0 N–H and O–H groups in total. The number of rotatable bonds is 9. The van der Waals surface area contributed by atoms with Gasteiger partial charge in [-0.3, -0.25) is 4.98 Å². The molecule has 0 amide bonds. The third-order valence-corrected chi connectivity index (χ3v) is 13.6. The molecule has 0 spiro atoms. The number of aryl methyl sites for hydroxylation is 1. The fraction of sp³-hybridized carbons (Fsp3) is 0.0119. The summed E-state index contributed by atoms with van der Waals surface area (Å²) in [6.45, 7) is 2.00. The normalized spacial score (nSPS) is 9.71. The summed E-state index contributed by atoms with van der Waals surface area (Å²) in [6.07, 6.45) is 10.9. The van der Waals surface area contributed by atoms with Crippen LogP contribution >= 0.6 is 0 Å². The summed E-state index contributed by atoms with van der Waals surface area (Å²) >= 11 is 0. The van der Waals surface area contributed by atoms with Crippen LogP contribution in [-0.4, -0.2) is 34.9 Å². The molecule has 7 heterocycles. The Labute approximate surface area is 593 Å². The first-order valence-electron chi connectivity index (χ1n) is 29.6. The molecule has 94 heavy (non-hydrogen) atoms. The number of hydrogen-bond donors (Lipinski definition) is 0. The van der Waals surface area contributed by atoms with Crippen molar-refractivity contribution in [1.29, 1.82) is 0 Å². The average Bonchev–Trinajstić information content (AvgIpc) is 1.21. The van der Waals surface area contributed by atoms with Gasteiger partial charge in [0.25, 0.3) is 0 Å². The van der Waals surface area contributed by atoms with E-state index in [1.165, 1.54) is 22.3 Å². The first-order chi connectivity index (χ1) is 45.1. The van der Waals surface area contributed by atoms with Gasteiger partial charge in [0.2, 0.25) is 0 Å². The number of nitrogens with zero attached hydrogens (tertiary/aromatic N) is 7. The minimum atomic E-state index is 0. The second kappa shape index (κ2) is 39.9. The molecule has 15 rings (SSSR count). The Morgan fingerprint density at radius 2 is 0.468 bits per heavy atom. The van der Waals surface area contributed by atoms with E-state index in [9.17, 15) is 0 Å². The summed E-state index contributed by atoms with van der Waals surface area (Å²) in [7, 11) is 0. The molecule has 10 heteroatoms. The number of hydrogen-bond acceptors (Lipinski definition) is 7. The molecule has 15 aromatic rings. The van der Waals surface area contributed by atoms with Crippen molar-refractivity contribution in [1.82, 2.24) is 34.9 Å². The predicted molar refractivity (Wildman–Crippen MR) is 370 cm³/mol. The van der Waals surface area contributed by atoms with E-state index in [0.29, 0.717) is 0 Å². The van der Waals surface area contributed by atoms with E-state index in [1.807, 2.05) is 305 Å². The maximum Gasteiger partial charge on any atom is 0.0698 e. The Balaban J connectivity index is 0.000000160. The molecule has 0 aliphatic heterocycles. The van der Waals surface area contributed by atoms with Crippen LogP contribution in [0.1, 0.15) is 5.69 Å². The molecule has 0 saturated carbocycles. The molecule has 3 radical (unpaired) electrons. The van der Waals surface area contributed by atoms with E-state index in [4.69, 9.17) is 0 Å². The van der Waals surface area contributed by atoms with E-state index in [-0.39, 0.29) is 60.3 Å². The Morgan fingerprint density at radius 3 is 0.755 bits per heavy atom. The van der Waals surface area contributed by atoms with Crippen LogP contribution in [0.2, 0.25) is 0 Å². The number of benzene rings is 8. The summed E-state index contributed by atoms with van der Waals surface area (Å²) < 4.78 is 0. The van der Waals surface area contributed by atoms with Crippen LogP contribution in [-0.2, 0) is 60.3 Å². The topological polar surface area (TPSA) is 90.2 Å². The third-order valence-electron chi connectivity index (χ3n) is 13.6. The van der Waals surface area contributed by atoms with Gasteiger partial charge in [-0.15, -0.1) is 215 Å². The van der Waals surface area contributed by atoms with Gasteiger partial charge in [0.15, 0.2) is 0 Å². The number of aromatic nitrogens is 7. The molecule has 0 fully saturated rings. The van der Waals surface area contributed by atoms with Crippen molar-refractivity contribution >= 4 is 0 Å². The van der Waals surface area contributed by atoms with Crippen molar-refractivity contribution in [2.75, 3.05) is 0 Å². The van der Waals surface area contributed by atoms with Gasteiger partial charge < -0.3 is 29.9 Å². The molecule has 0 aliphatic carbocycles. The Hall–Kier alpha value is -10.2. The maximum absolute atomic E-state index is 4.54. The van der Waals surface area contributed by atoms with Gasteiger partial charge in [0, 0.05) is 103 Å². The summed E-state index contributed by atoms with van der Waals surface area (Å²) in [5.74, 6) is 0. The zero-order valence-corrected chi connectivity index (χ0v) is 58.3. The van der Waals surface area contributed by atoms with Crippen molar-refractivity contribution < 1.29 is 60.3 Å². The molecule has 8 aromatic carbocycles. The van der Waals surface area contributed by atoms with Crippen molar-refractivity contribution in [2.24, 2.45) is 0 Å². The molecule has 0 atom stereocenters. The monoisotopic (exact) mass is 1750 g/mol. The van der Waals surface area contributed by atoms with E-state index >= 15 is 0 Å². The molecule has 7 aromatic heterocycles. The minimum Gasteiger partial charge on any atom is -0.305 e. The van der Waals surface area contributed by atoms with Crippen LogP contribution in [0.15, 0.2) is 353 Å². The Bertz CT molecular complexity index is 3960. The van der Waals surface area contributed by atoms with Crippen molar-refractivity contribution in [3.05, 3.63) is 395 Å². The van der Waals surface area contributed by atoms with Crippen molar-refractivity contribution in [3.63, 3.8) is 0 Å². The van der Waals surface area contributed by atoms with Crippen LogP contribution < -0.4 is 0 Å². The van der Waals surface area contributed by atoms with Gasteiger partial charge >= 0.3 is 0 Å². The first-order valence-corrected chi connectivity index (χ1v) is 29.6. The Kier molecular flexibility index (Phi) is 30.2. The van der Waals surface area contributed by atoms with Gasteiger partial charge in [-0.1, -0.05) is 121 Å². The van der Waals surface area contributed by atoms with Crippen LogP contribution in [0.25, 0.3) is 101 Å². The fourth-order valence-corrected chi connectivity index (χ4v) is 9.10. The van der Waals surface area contributed by atoms with Crippen molar-refractivity contribution in [2.45, 2.75) is 6.92 Å². The van der Waals surface area contributed by atoms with Crippen LogP contribution in [0.4, 0.5) is 0 Å². The van der Waals surface area contributed by atoms with E-state index in [0.717, 1.165) is 84.5 Å². The number of pyridine rings is 7. The van der Waals surface area contributed by atoms with Crippen LogP contribution in [0, 0.1) is 43.3 Å². The van der Waals surface area contributed by atoms with Crippen LogP contribution in [0.3, 0.4) is 0 Å². The summed E-state index contributed by atoms with van der Waals surface area (Å²) in [5, 5.41) is 0. The average molecular weight is 1750 g/mol. The summed E-state index contributed by atoms with van der Waals surface area (Å²) in [6, 6.07) is 123. The maximum atomic E-state index is 4.54. The molecule has 0 unspecified atom stereocenters. The molecule has 0 aliphatic rings. The Morgan fingerprint density at radius 1 is 0.202 bits per heavy atom. The summed E-state index contributed by atoms with van der Waals surface area (Å²) in [5.41, 5.74) is 19.7. The third kappa shape index (κ3) is 22.6. The first kappa shape index (κ1) is 71.2. The van der Waals surface area contributed by atoms with E-state index in [2.05, 4.69) is 108 Å². The standard InChI is InChI=1S/C17H13N2.2C17H12N.3C11H8N.3Ir/c1-13-6-5-9-16(19-13)15-10-11-18-17(12-15)14-7-3-2-4-8-14;2*1-3-7-14(8-4-1)16-11-12-18-17(13-16)15-9-5-2-6-10-15;3*1-2-6-10(7-3-1)11-8-4-5-9-12-11;;;/h2-7,9-12H,1H3;2*1-9,11-13H;3*1-6,8-9H;;;/q6*-1;;;. The van der Waals surface area contributed by atoms with Crippen LogP contribution in [0.5, 0.6) is 0 Å². The van der Waals surface area contributed by atoms with Gasteiger partial charge in [0.1, 0.15) is 0 Å². The van der Waals surface area contributed by atoms with Gasteiger partial charge in [0.05, 0.1) is 5.69 Å². The minimum absolute atomic E-state index is 0.